The van der Waals surface area contributed by atoms with Gasteiger partial charge >= 0.3 is 29.8 Å². The Morgan fingerprint density at radius 3 is 0.977 bits per heavy atom. The molecule has 8 saturated carbocycles. The summed E-state index contributed by atoms with van der Waals surface area (Å²) in [5.74, 6) is 7.23. The van der Waals surface area contributed by atoms with E-state index in [-0.39, 0.29) is 51.8 Å². The molecule has 0 spiro atoms. The number of rotatable bonds is 15. The van der Waals surface area contributed by atoms with Gasteiger partial charge in [0, 0.05) is 28.5 Å². The maximum absolute atomic E-state index is 11.1. The zero-order valence-corrected chi connectivity index (χ0v) is 54.9. The molecule has 8 aliphatic rings. The molecule has 0 N–H and O–H groups in total. The van der Waals surface area contributed by atoms with Crippen LogP contribution >= 0.6 is 0 Å². The fourth-order valence-electron chi connectivity index (χ4n) is 10.9. The van der Waals surface area contributed by atoms with Crippen LogP contribution in [0.1, 0.15) is 165 Å². The van der Waals surface area contributed by atoms with E-state index in [1.807, 2.05) is 13.8 Å². The fourth-order valence-corrected chi connectivity index (χ4v) is 11.8. The highest BCUT2D eigenvalue weighted by atomic mass is 32.2. The molecule has 19 nitrogen and oxygen atoms in total. The van der Waals surface area contributed by atoms with E-state index in [1.165, 1.54) is 85.5 Å². The lowest BCUT2D eigenvalue weighted by Gasteiger charge is -2.49. The molecule has 22 heteroatoms. The molecule has 0 heterocycles. The monoisotopic (exact) mass is 1260 g/mol. The van der Waals surface area contributed by atoms with Crippen molar-refractivity contribution in [2.24, 2.45) is 47.3 Å². The van der Waals surface area contributed by atoms with Gasteiger partial charge in [-0.2, -0.15) is 0 Å². The van der Waals surface area contributed by atoms with Crippen molar-refractivity contribution in [3.05, 3.63) is 109 Å². The summed E-state index contributed by atoms with van der Waals surface area (Å²) in [6, 6.07) is 10.3. The second-order valence-corrected chi connectivity index (χ2v) is 26.4. The molecule has 10 rings (SSSR count). The summed E-state index contributed by atoms with van der Waals surface area (Å²) < 4.78 is 114. The number of esters is 5. The number of allylic oxidation sites excluding steroid dienone is 1. The van der Waals surface area contributed by atoms with Gasteiger partial charge in [0.25, 0.3) is 0 Å². The Morgan fingerprint density at radius 1 is 0.453 bits per heavy atom. The van der Waals surface area contributed by atoms with E-state index < -0.39 is 48.3 Å². The predicted octanol–water partition coefficient (Wildman–Crippen LogP) is 12.2. The fraction of sp³-hybridized carbons (Fsp3) is 0.578. The van der Waals surface area contributed by atoms with E-state index in [2.05, 4.69) is 54.0 Å². The van der Waals surface area contributed by atoms with Gasteiger partial charge in [0.1, 0.15) is 26.0 Å². The van der Waals surface area contributed by atoms with Gasteiger partial charge in [0.05, 0.1) is 39.7 Å². The van der Waals surface area contributed by atoms with Crippen molar-refractivity contribution in [3.63, 3.8) is 0 Å². The summed E-state index contributed by atoms with van der Waals surface area (Å²) >= 11 is 0. The van der Waals surface area contributed by atoms with Crippen molar-refractivity contribution < 1.29 is 86.6 Å². The third-order valence-corrected chi connectivity index (χ3v) is 15.7. The van der Waals surface area contributed by atoms with Crippen molar-refractivity contribution >= 4 is 65.8 Å². The van der Waals surface area contributed by atoms with Crippen LogP contribution in [0.2, 0.25) is 0 Å². The Hall–Kier alpha value is -5.78. The van der Waals surface area contributed by atoms with Gasteiger partial charge in [0.2, 0.25) is 0 Å². The molecule has 8 fully saturated rings. The summed E-state index contributed by atoms with van der Waals surface area (Å²) in [6.45, 7) is 35.7. The SMILES string of the molecule is C1C2CC3CC1CC(C2)C3.C1C2CC3CC1CC(C2)C3.C=C(C)C(=O)OCC.C=C(C)C(=O)OCC(=O)OCC.C=C(C)C(=O)OCCCC.C=C(C)C(=O)Oc1ccc(S(=O)(=O)[O-])cc1.C=C(C)c1ccc(S(=O)(=O)[O-])cc1.CC.CS(=O)(=O)[O-]. The average Bonchev–Trinajstić information content (AvgIpc) is 1.49. The van der Waals surface area contributed by atoms with Crippen molar-refractivity contribution in [2.75, 3.05) is 32.7 Å². The molecular formula is C64H95O19S3-3. The van der Waals surface area contributed by atoms with E-state index in [0.29, 0.717) is 30.6 Å². The summed E-state index contributed by atoms with van der Waals surface area (Å²) in [7, 11) is -12.7. The molecule has 0 atom stereocenters. The second kappa shape index (κ2) is 40.6. The highest BCUT2D eigenvalue weighted by Crippen LogP contribution is 2.54. The number of unbranched alkanes of at least 4 members (excludes halogenated alkanes) is 1. The first-order valence-corrected chi connectivity index (χ1v) is 33.8. The van der Waals surface area contributed by atoms with Crippen LogP contribution in [0.15, 0.2) is 114 Å². The van der Waals surface area contributed by atoms with Crippen LogP contribution < -0.4 is 4.74 Å². The molecule has 0 radical (unpaired) electrons. The average molecular weight is 1260 g/mol. The Morgan fingerprint density at radius 2 is 0.733 bits per heavy atom. The van der Waals surface area contributed by atoms with Gasteiger partial charge < -0.3 is 37.3 Å². The third kappa shape index (κ3) is 35.8. The number of hydrogen-bond acceptors (Lipinski definition) is 19. The number of hydrogen-bond donors (Lipinski definition) is 0. The molecule has 86 heavy (non-hydrogen) atoms. The Balaban J connectivity index is 0.000000969. The van der Waals surface area contributed by atoms with Crippen LogP contribution in [0.4, 0.5) is 0 Å². The molecule has 2 aromatic rings. The minimum atomic E-state index is -4.47. The maximum atomic E-state index is 11.1. The van der Waals surface area contributed by atoms with Gasteiger partial charge in [-0.25, -0.2) is 49.2 Å². The lowest BCUT2D eigenvalue weighted by molar-refractivity contribution is -0.156. The number of ether oxygens (including phenoxy) is 5. The lowest BCUT2D eigenvalue weighted by atomic mass is 9.56. The van der Waals surface area contributed by atoms with E-state index in [4.69, 9.17) is 22.4 Å². The standard InChI is InChI=1S/C10H10O5S.2C10H16.C9H10O3S.C8H12O4.C8H14O2.C6H10O2.C2H6.CH4O3S/c1-7(2)10(11)15-8-3-5-9(6-4-8)16(12,13)14;2*1-7-2-9-4-8(1)5-10(3-7)6-9;1-7(2)8-3-5-9(6-4-8)13(10,11)12;1-4-11-7(9)5-12-8(10)6(2)3;1-4-5-6-10-8(9)7(2)3;1-4-8-6(7)5(2)3;1-2;1-5(2,3)4/h3-6H,1H2,2H3,(H,12,13,14);2*7-10H,1-6H2;3-6H,1H2,2H3,(H,10,11,12);2,4-5H2,1,3H3;2,4-6H2,1,3H3;2,4H2,1,3H3;1-2H3;1H3,(H,2,3,4)/p-3. The van der Waals surface area contributed by atoms with Crippen LogP contribution in [-0.4, -0.2) is 101 Å². The van der Waals surface area contributed by atoms with Gasteiger partial charge in [-0.3, -0.25) is 0 Å². The molecule has 0 unspecified atom stereocenters. The molecular weight excluding hydrogens is 1170 g/mol. The highest BCUT2D eigenvalue weighted by molar-refractivity contribution is 7.86. The van der Waals surface area contributed by atoms with Crippen LogP contribution in [0, 0.1) is 47.3 Å². The van der Waals surface area contributed by atoms with Crippen LogP contribution in [0.3, 0.4) is 0 Å². The quantitative estimate of drug-likeness (QED) is 0.0399. The second-order valence-electron chi connectivity index (χ2n) is 22.2. The Kier molecular flexibility index (Phi) is 37.9. The van der Waals surface area contributed by atoms with E-state index in [9.17, 15) is 49.9 Å². The van der Waals surface area contributed by atoms with Gasteiger partial charge in [-0.1, -0.05) is 77.8 Å². The number of carbonyl (C=O) groups excluding carboxylic acids is 5. The van der Waals surface area contributed by atoms with E-state index in [0.717, 1.165) is 36.1 Å². The third-order valence-electron chi connectivity index (χ3n) is 14.0. The molecule has 0 aromatic heterocycles. The molecule has 486 valence electrons. The zero-order chi connectivity index (χ0) is 66.1. The first kappa shape index (κ1) is 80.2. The van der Waals surface area contributed by atoms with Crippen LogP contribution in [0.5, 0.6) is 5.75 Å². The minimum absolute atomic E-state index is 0.153. The smallest absolute Gasteiger partial charge is 0.344 e. The van der Waals surface area contributed by atoms with Crippen LogP contribution in [0.25, 0.3) is 5.57 Å². The van der Waals surface area contributed by atoms with Gasteiger partial charge in [0.15, 0.2) is 6.61 Å². The normalized spacial score (nSPS) is 20.9. The topological polar surface area (TPSA) is 303 Å². The molecule has 8 bridgehead atoms. The number of carbonyl (C=O) groups is 5. The minimum Gasteiger partial charge on any atom is -0.748 e. The Bertz CT molecular complexity index is 2710. The first-order chi connectivity index (χ1) is 39.9. The van der Waals surface area contributed by atoms with Gasteiger partial charge in [-0.15, -0.1) is 0 Å². The van der Waals surface area contributed by atoms with Crippen molar-refractivity contribution in [2.45, 2.75) is 169 Å². The van der Waals surface area contributed by atoms with E-state index in [1.54, 1.807) is 124 Å². The van der Waals surface area contributed by atoms with Gasteiger partial charge in [-0.05, 0) is 221 Å². The van der Waals surface area contributed by atoms with Crippen LogP contribution in [-0.2, 0) is 73.3 Å². The van der Waals surface area contributed by atoms with Crippen molar-refractivity contribution in [1.29, 1.82) is 0 Å². The molecule has 0 saturated heterocycles. The zero-order valence-electron chi connectivity index (χ0n) is 52.5. The van der Waals surface area contributed by atoms with Crippen molar-refractivity contribution in [3.8, 4) is 5.75 Å². The Labute approximate surface area is 513 Å². The summed E-state index contributed by atoms with van der Waals surface area (Å²) in [6.07, 6.45) is 21.8. The summed E-state index contributed by atoms with van der Waals surface area (Å²) in [5.41, 5.74) is 3.06. The maximum Gasteiger partial charge on any atom is 0.344 e. The molecule has 0 aliphatic heterocycles. The van der Waals surface area contributed by atoms with Crippen molar-refractivity contribution in [1.82, 2.24) is 0 Å². The highest BCUT2D eigenvalue weighted by Gasteiger charge is 2.42. The summed E-state index contributed by atoms with van der Waals surface area (Å²) in [5, 5.41) is 0. The van der Waals surface area contributed by atoms with E-state index >= 15 is 0 Å². The number of benzene rings is 2. The summed E-state index contributed by atoms with van der Waals surface area (Å²) in [4.78, 5) is 53.0. The lowest BCUT2D eigenvalue weighted by Crippen LogP contribution is -2.38. The molecule has 0 amide bonds. The first-order valence-electron chi connectivity index (χ1n) is 29.1. The predicted molar refractivity (Wildman–Crippen MR) is 329 cm³/mol. The largest absolute Gasteiger partial charge is 0.748 e. The molecule has 2 aromatic carbocycles. The molecule has 8 aliphatic carbocycles.